The summed E-state index contributed by atoms with van der Waals surface area (Å²) in [6, 6.07) is 5.08. The van der Waals surface area contributed by atoms with Crippen LogP contribution >= 0.6 is 0 Å². The van der Waals surface area contributed by atoms with Gasteiger partial charge in [-0.1, -0.05) is 12.1 Å². The quantitative estimate of drug-likeness (QED) is 0.744. The molecule has 1 aromatic rings. The number of aliphatic hydroxyl groups excluding tert-OH is 1. The lowest BCUT2D eigenvalue weighted by Gasteiger charge is -2.13. The fourth-order valence-corrected chi connectivity index (χ4v) is 2.78. The molecule has 0 unspecified atom stereocenters. The molecule has 0 aliphatic heterocycles. The van der Waals surface area contributed by atoms with Crippen molar-refractivity contribution in [1.82, 2.24) is 4.72 Å². The number of benzene rings is 1. The zero-order valence-electron chi connectivity index (χ0n) is 10.1. The highest BCUT2D eigenvalue weighted by molar-refractivity contribution is 7.89. The van der Waals surface area contributed by atoms with Gasteiger partial charge in [0.1, 0.15) is 0 Å². The van der Waals surface area contributed by atoms with E-state index < -0.39 is 22.0 Å². The highest BCUT2D eigenvalue weighted by atomic mass is 32.2. The highest BCUT2D eigenvalue weighted by Crippen LogP contribution is 2.16. The first-order chi connectivity index (χ1) is 8.42. The summed E-state index contributed by atoms with van der Waals surface area (Å²) in [6.07, 6.45) is 0. The summed E-state index contributed by atoms with van der Waals surface area (Å²) < 4.78 is 30.8. The number of nitrogens with one attached hydrogen (secondary N) is 1. The fourth-order valence-electron chi connectivity index (χ4n) is 1.35. The Morgan fingerprint density at radius 2 is 2.06 bits per heavy atom. The molecular formula is C11H15NO5S. The van der Waals surface area contributed by atoms with Gasteiger partial charge in [0.05, 0.1) is 24.2 Å². The summed E-state index contributed by atoms with van der Waals surface area (Å²) in [6.45, 7) is 1.18. The van der Waals surface area contributed by atoms with Crippen molar-refractivity contribution in [2.24, 2.45) is 0 Å². The second kappa shape index (κ2) is 5.94. The molecule has 1 atom stereocenters. The average molecular weight is 273 g/mol. The molecule has 0 aliphatic carbocycles. The number of hydrogen-bond acceptors (Lipinski definition) is 5. The molecule has 0 bridgehead atoms. The summed E-state index contributed by atoms with van der Waals surface area (Å²) in [5, 5.41) is 8.85. The van der Waals surface area contributed by atoms with Crippen molar-refractivity contribution in [3.05, 3.63) is 29.8 Å². The summed E-state index contributed by atoms with van der Waals surface area (Å²) in [5.74, 6) is -0.729. The molecule has 0 radical (unpaired) electrons. The predicted molar refractivity (Wildman–Crippen MR) is 64.7 cm³/mol. The first-order valence-corrected chi connectivity index (χ1v) is 6.71. The Hall–Kier alpha value is -1.44. The minimum Gasteiger partial charge on any atom is -0.465 e. The zero-order chi connectivity index (χ0) is 13.8. The molecule has 100 valence electrons. The molecule has 1 aromatic carbocycles. The van der Waals surface area contributed by atoms with Crippen LogP contribution in [-0.4, -0.2) is 39.3 Å². The van der Waals surface area contributed by atoms with E-state index in [2.05, 4.69) is 9.46 Å². The van der Waals surface area contributed by atoms with Crippen LogP contribution in [0.2, 0.25) is 0 Å². The van der Waals surface area contributed by atoms with Gasteiger partial charge in [0.25, 0.3) is 0 Å². The first-order valence-electron chi connectivity index (χ1n) is 5.23. The van der Waals surface area contributed by atoms with Crippen LogP contribution in [0, 0.1) is 0 Å². The molecule has 1 rings (SSSR count). The van der Waals surface area contributed by atoms with E-state index in [4.69, 9.17) is 5.11 Å². The van der Waals surface area contributed by atoms with Gasteiger partial charge < -0.3 is 9.84 Å². The Labute approximate surface area is 106 Å². The molecule has 0 spiro atoms. The third kappa shape index (κ3) is 3.28. The zero-order valence-corrected chi connectivity index (χ0v) is 10.9. The van der Waals surface area contributed by atoms with Gasteiger partial charge in [-0.2, -0.15) is 0 Å². The van der Waals surface area contributed by atoms with Crippen molar-refractivity contribution in [3.8, 4) is 0 Å². The van der Waals surface area contributed by atoms with Crippen molar-refractivity contribution in [1.29, 1.82) is 0 Å². The maximum absolute atomic E-state index is 12.0. The number of rotatable bonds is 5. The van der Waals surface area contributed by atoms with E-state index in [0.717, 1.165) is 0 Å². The Bertz CT molecular complexity index is 526. The number of carbonyl (C=O) groups excluding carboxylic acids is 1. The highest BCUT2D eigenvalue weighted by Gasteiger charge is 2.23. The maximum Gasteiger partial charge on any atom is 0.339 e. The lowest BCUT2D eigenvalue weighted by atomic mass is 10.2. The normalized spacial score (nSPS) is 13.1. The molecule has 0 fully saturated rings. The SMILES string of the molecule is COC(=O)c1ccccc1S(=O)(=O)N[C@H](C)CO. The Morgan fingerprint density at radius 1 is 1.44 bits per heavy atom. The van der Waals surface area contributed by atoms with Crippen molar-refractivity contribution in [3.63, 3.8) is 0 Å². The van der Waals surface area contributed by atoms with Gasteiger partial charge in [0.15, 0.2) is 0 Å². The number of aliphatic hydroxyl groups is 1. The van der Waals surface area contributed by atoms with Crippen molar-refractivity contribution in [2.45, 2.75) is 17.9 Å². The molecule has 0 saturated carbocycles. The molecule has 2 N–H and O–H groups in total. The number of carbonyl (C=O) groups is 1. The number of hydrogen-bond donors (Lipinski definition) is 2. The molecule has 0 amide bonds. The van der Waals surface area contributed by atoms with Crippen LogP contribution < -0.4 is 4.72 Å². The second-order valence-corrected chi connectivity index (χ2v) is 5.38. The van der Waals surface area contributed by atoms with Crippen LogP contribution in [0.5, 0.6) is 0 Å². The summed E-state index contributed by atoms with van der Waals surface area (Å²) in [5.41, 5.74) is -0.0439. The van der Waals surface area contributed by atoms with Gasteiger partial charge >= 0.3 is 5.97 Å². The molecule has 0 heterocycles. The van der Waals surface area contributed by atoms with E-state index in [-0.39, 0.29) is 17.1 Å². The van der Waals surface area contributed by atoms with E-state index in [1.807, 2.05) is 0 Å². The van der Waals surface area contributed by atoms with E-state index in [0.29, 0.717) is 0 Å². The molecule has 0 aliphatic rings. The number of ether oxygens (including phenoxy) is 1. The molecule has 6 nitrogen and oxygen atoms in total. The largest absolute Gasteiger partial charge is 0.465 e. The van der Waals surface area contributed by atoms with Crippen molar-refractivity contribution >= 4 is 16.0 Å². The minimum absolute atomic E-state index is 0.0439. The predicted octanol–water partition coefficient (Wildman–Crippen LogP) is 0.132. The Balaban J connectivity index is 3.20. The van der Waals surface area contributed by atoms with Gasteiger partial charge in [-0.25, -0.2) is 17.9 Å². The van der Waals surface area contributed by atoms with E-state index >= 15 is 0 Å². The summed E-state index contributed by atoms with van der Waals surface area (Å²) >= 11 is 0. The number of methoxy groups -OCH3 is 1. The van der Waals surface area contributed by atoms with Crippen molar-refractivity contribution in [2.75, 3.05) is 13.7 Å². The molecular weight excluding hydrogens is 258 g/mol. The molecule has 18 heavy (non-hydrogen) atoms. The number of sulfonamides is 1. The topological polar surface area (TPSA) is 92.7 Å². The molecule has 0 saturated heterocycles. The monoisotopic (exact) mass is 273 g/mol. The second-order valence-electron chi connectivity index (χ2n) is 3.69. The lowest BCUT2D eigenvalue weighted by molar-refractivity contribution is 0.0596. The van der Waals surface area contributed by atoms with E-state index in [1.165, 1.54) is 32.2 Å². The first kappa shape index (κ1) is 14.6. The Morgan fingerprint density at radius 3 is 2.61 bits per heavy atom. The molecule has 7 heteroatoms. The van der Waals surface area contributed by atoms with Crippen LogP contribution in [0.25, 0.3) is 0 Å². The third-order valence-corrected chi connectivity index (χ3v) is 3.86. The van der Waals surface area contributed by atoms with Crippen LogP contribution in [0.1, 0.15) is 17.3 Å². The average Bonchev–Trinajstić information content (AvgIpc) is 2.37. The smallest absolute Gasteiger partial charge is 0.339 e. The fraction of sp³-hybridized carbons (Fsp3) is 0.364. The van der Waals surface area contributed by atoms with Gasteiger partial charge in [-0.15, -0.1) is 0 Å². The van der Waals surface area contributed by atoms with E-state index in [1.54, 1.807) is 6.07 Å². The van der Waals surface area contributed by atoms with Gasteiger partial charge in [0.2, 0.25) is 10.0 Å². The van der Waals surface area contributed by atoms with Gasteiger partial charge in [0, 0.05) is 6.04 Å². The number of esters is 1. The van der Waals surface area contributed by atoms with Crippen molar-refractivity contribution < 1.29 is 23.1 Å². The molecule has 0 aromatic heterocycles. The van der Waals surface area contributed by atoms with E-state index in [9.17, 15) is 13.2 Å². The lowest BCUT2D eigenvalue weighted by Crippen LogP contribution is -2.35. The van der Waals surface area contributed by atoms with Crippen LogP contribution in [0.4, 0.5) is 0 Å². The third-order valence-electron chi connectivity index (χ3n) is 2.21. The summed E-state index contributed by atoms with van der Waals surface area (Å²) in [4.78, 5) is 11.3. The maximum atomic E-state index is 12.0. The van der Waals surface area contributed by atoms with Crippen LogP contribution in [0.3, 0.4) is 0 Å². The minimum atomic E-state index is -3.87. The van der Waals surface area contributed by atoms with Gasteiger partial charge in [-0.3, -0.25) is 0 Å². The summed E-state index contributed by atoms with van der Waals surface area (Å²) in [7, 11) is -2.69. The van der Waals surface area contributed by atoms with Gasteiger partial charge in [-0.05, 0) is 19.1 Å². The Kier molecular flexibility index (Phi) is 4.83. The van der Waals surface area contributed by atoms with Crippen LogP contribution in [0.15, 0.2) is 29.2 Å². The standard InChI is InChI=1S/C11H15NO5S/c1-8(7-13)12-18(15,16)10-6-4-3-5-9(10)11(14)17-2/h3-6,8,12-13H,7H2,1-2H3/t8-/m1/s1. The van der Waals surface area contributed by atoms with Crippen LogP contribution in [-0.2, 0) is 14.8 Å².